The van der Waals surface area contributed by atoms with Crippen molar-refractivity contribution in [3.05, 3.63) is 65.5 Å². The first-order valence-electron chi connectivity index (χ1n) is 6.66. The predicted molar refractivity (Wildman–Crippen MR) is 79.7 cm³/mol. The molecule has 0 aliphatic rings. The zero-order valence-electron chi connectivity index (χ0n) is 12.2. The molecular weight excluding hydrogens is 310 g/mol. The van der Waals surface area contributed by atoms with Crippen LogP contribution in [0.3, 0.4) is 0 Å². The summed E-state index contributed by atoms with van der Waals surface area (Å²) < 4.78 is 52.6. The van der Waals surface area contributed by atoms with Crippen molar-refractivity contribution in [2.24, 2.45) is 0 Å². The molecule has 22 heavy (non-hydrogen) atoms. The molecule has 0 amide bonds. The number of benzene rings is 1. The van der Waals surface area contributed by atoms with Gasteiger partial charge in [-0.05, 0) is 17.7 Å². The lowest BCUT2D eigenvalue weighted by Crippen LogP contribution is -2.35. The van der Waals surface area contributed by atoms with Crippen LogP contribution in [0, 0.1) is 11.6 Å². The number of hydrogen-bond acceptors (Lipinski definition) is 3. The van der Waals surface area contributed by atoms with Crippen LogP contribution in [0.5, 0.6) is 0 Å². The van der Waals surface area contributed by atoms with E-state index in [0.717, 1.165) is 22.7 Å². The molecule has 4 nitrogen and oxygen atoms in total. The van der Waals surface area contributed by atoms with Gasteiger partial charge in [-0.2, -0.15) is 4.31 Å². The highest BCUT2D eigenvalue weighted by Gasteiger charge is 2.30. The van der Waals surface area contributed by atoms with Gasteiger partial charge in [0.1, 0.15) is 11.6 Å². The smallest absolute Gasteiger partial charge is 0.212 e. The average Bonchev–Trinajstić information content (AvgIpc) is 2.45. The van der Waals surface area contributed by atoms with Crippen LogP contribution in [0.25, 0.3) is 0 Å². The highest BCUT2D eigenvalue weighted by atomic mass is 32.2. The SMILES string of the molecule is CCN([C@H](c1cccnc1)c1ccc(F)cc1F)S(C)(=O)=O. The number of pyridine rings is 1. The van der Waals surface area contributed by atoms with E-state index in [1.807, 2.05) is 0 Å². The summed E-state index contributed by atoms with van der Waals surface area (Å²) in [5, 5.41) is 0. The van der Waals surface area contributed by atoms with Crippen LogP contribution in [0.15, 0.2) is 42.7 Å². The predicted octanol–water partition coefficient (Wildman–Crippen LogP) is 2.73. The lowest BCUT2D eigenvalue weighted by molar-refractivity contribution is 0.369. The number of rotatable bonds is 5. The van der Waals surface area contributed by atoms with Crippen molar-refractivity contribution < 1.29 is 17.2 Å². The third-order valence-electron chi connectivity index (χ3n) is 3.28. The molecule has 1 atom stereocenters. The Bertz CT molecular complexity index is 751. The largest absolute Gasteiger partial charge is 0.264 e. The van der Waals surface area contributed by atoms with Gasteiger partial charge in [0.25, 0.3) is 0 Å². The van der Waals surface area contributed by atoms with Crippen molar-refractivity contribution in [3.8, 4) is 0 Å². The molecule has 1 heterocycles. The fraction of sp³-hybridized carbons (Fsp3) is 0.267. The van der Waals surface area contributed by atoms with Crippen LogP contribution in [-0.2, 0) is 10.0 Å². The number of hydrogen-bond donors (Lipinski definition) is 0. The standard InChI is InChI=1S/C15H16F2N2O2S/c1-3-19(22(2,20)21)15(11-5-4-8-18-10-11)13-7-6-12(16)9-14(13)17/h4-10,15H,3H2,1-2H3/t15-/m1/s1. The van der Waals surface area contributed by atoms with Crippen LogP contribution < -0.4 is 0 Å². The van der Waals surface area contributed by atoms with E-state index in [1.54, 1.807) is 19.1 Å². The monoisotopic (exact) mass is 326 g/mol. The minimum absolute atomic E-state index is 0.0849. The molecule has 0 spiro atoms. The Morgan fingerprint density at radius 3 is 2.50 bits per heavy atom. The quantitative estimate of drug-likeness (QED) is 0.849. The summed E-state index contributed by atoms with van der Waals surface area (Å²) in [6.45, 7) is 1.81. The Morgan fingerprint density at radius 2 is 2.00 bits per heavy atom. The van der Waals surface area contributed by atoms with E-state index < -0.39 is 27.7 Å². The zero-order chi connectivity index (χ0) is 16.3. The molecule has 1 aromatic heterocycles. The second-order valence-electron chi connectivity index (χ2n) is 4.82. The summed E-state index contributed by atoms with van der Waals surface area (Å²) >= 11 is 0. The summed E-state index contributed by atoms with van der Waals surface area (Å²) in [6.07, 6.45) is 4.07. The van der Waals surface area contributed by atoms with Crippen molar-refractivity contribution in [3.63, 3.8) is 0 Å². The Morgan fingerprint density at radius 1 is 1.27 bits per heavy atom. The van der Waals surface area contributed by atoms with Gasteiger partial charge in [0.2, 0.25) is 10.0 Å². The molecule has 1 aromatic carbocycles. The van der Waals surface area contributed by atoms with E-state index in [1.165, 1.54) is 18.5 Å². The van der Waals surface area contributed by atoms with E-state index in [0.29, 0.717) is 5.56 Å². The molecule has 2 rings (SSSR count). The first kappa shape index (κ1) is 16.5. The van der Waals surface area contributed by atoms with Crippen molar-refractivity contribution in [1.82, 2.24) is 9.29 Å². The third-order valence-corrected chi connectivity index (χ3v) is 4.60. The maximum Gasteiger partial charge on any atom is 0.212 e. The Balaban J connectivity index is 2.65. The van der Waals surface area contributed by atoms with Crippen molar-refractivity contribution >= 4 is 10.0 Å². The zero-order valence-corrected chi connectivity index (χ0v) is 13.0. The van der Waals surface area contributed by atoms with Gasteiger partial charge in [0.15, 0.2) is 0 Å². The van der Waals surface area contributed by atoms with Crippen LogP contribution in [0.2, 0.25) is 0 Å². The van der Waals surface area contributed by atoms with Gasteiger partial charge in [-0.15, -0.1) is 0 Å². The van der Waals surface area contributed by atoms with Gasteiger partial charge < -0.3 is 0 Å². The molecule has 0 saturated carbocycles. The molecule has 7 heteroatoms. The molecule has 0 N–H and O–H groups in total. The molecule has 0 aliphatic carbocycles. The van der Waals surface area contributed by atoms with E-state index in [4.69, 9.17) is 0 Å². The summed E-state index contributed by atoms with van der Waals surface area (Å²) in [6, 6.07) is 5.52. The molecule has 0 unspecified atom stereocenters. The van der Waals surface area contributed by atoms with E-state index >= 15 is 0 Å². The molecular formula is C15H16F2N2O2S. The van der Waals surface area contributed by atoms with E-state index in [-0.39, 0.29) is 12.1 Å². The van der Waals surface area contributed by atoms with Crippen LogP contribution in [-0.4, -0.2) is 30.5 Å². The molecule has 0 radical (unpaired) electrons. The Labute approximate surface area is 128 Å². The lowest BCUT2D eigenvalue weighted by atomic mass is 9.99. The molecule has 0 saturated heterocycles. The van der Waals surface area contributed by atoms with Gasteiger partial charge in [0.05, 0.1) is 12.3 Å². The molecule has 0 fully saturated rings. The summed E-state index contributed by atoms with van der Waals surface area (Å²) in [5.41, 5.74) is 0.599. The average molecular weight is 326 g/mol. The fourth-order valence-corrected chi connectivity index (χ4v) is 3.46. The van der Waals surface area contributed by atoms with Crippen LogP contribution >= 0.6 is 0 Å². The Hall–Kier alpha value is -1.86. The maximum atomic E-state index is 14.2. The van der Waals surface area contributed by atoms with Crippen molar-refractivity contribution in [1.29, 1.82) is 0 Å². The van der Waals surface area contributed by atoms with Crippen LogP contribution in [0.4, 0.5) is 8.78 Å². The molecule has 2 aromatic rings. The lowest BCUT2D eigenvalue weighted by Gasteiger charge is -2.29. The maximum absolute atomic E-state index is 14.2. The normalized spacial score (nSPS) is 13.3. The number of nitrogens with zero attached hydrogens (tertiary/aromatic N) is 2. The Kier molecular flexibility index (Phi) is 4.87. The fourth-order valence-electron chi connectivity index (χ4n) is 2.37. The highest BCUT2D eigenvalue weighted by molar-refractivity contribution is 7.88. The first-order valence-corrected chi connectivity index (χ1v) is 8.51. The summed E-state index contributed by atoms with van der Waals surface area (Å²) in [7, 11) is -3.59. The number of aromatic nitrogens is 1. The van der Waals surface area contributed by atoms with Gasteiger partial charge in [-0.25, -0.2) is 17.2 Å². The second kappa shape index (κ2) is 6.50. The number of sulfonamides is 1. The topological polar surface area (TPSA) is 50.3 Å². The van der Waals surface area contributed by atoms with Gasteiger partial charge in [0, 0.05) is 30.6 Å². The highest BCUT2D eigenvalue weighted by Crippen LogP contribution is 2.31. The third kappa shape index (κ3) is 3.48. The van der Waals surface area contributed by atoms with Crippen LogP contribution in [0.1, 0.15) is 24.1 Å². The molecule has 118 valence electrons. The minimum Gasteiger partial charge on any atom is -0.264 e. The van der Waals surface area contributed by atoms with Crippen molar-refractivity contribution in [2.75, 3.05) is 12.8 Å². The minimum atomic E-state index is -3.59. The van der Waals surface area contributed by atoms with Crippen molar-refractivity contribution in [2.45, 2.75) is 13.0 Å². The van der Waals surface area contributed by atoms with Gasteiger partial charge >= 0.3 is 0 Å². The van der Waals surface area contributed by atoms with E-state index in [9.17, 15) is 17.2 Å². The summed E-state index contributed by atoms with van der Waals surface area (Å²) in [4.78, 5) is 3.96. The number of halogens is 2. The first-order chi connectivity index (χ1) is 10.3. The van der Waals surface area contributed by atoms with Gasteiger partial charge in [-0.3, -0.25) is 4.98 Å². The summed E-state index contributed by atoms with van der Waals surface area (Å²) in [5.74, 6) is -1.51. The molecule has 0 bridgehead atoms. The second-order valence-corrected chi connectivity index (χ2v) is 6.76. The van der Waals surface area contributed by atoms with Gasteiger partial charge in [-0.1, -0.05) is 19.1 Å². The van der Waals surface area contributed by atoms with E-state index in [2.05, 4.69) is 4.98 Å². The molecule has 0 aliphatic heterocycles.